The van der Waals surface area contributed by atoms with Crippen LogP contribution in [0.25, 0.3) is 0 Å². The number of carbonyl (C=O) groups is 1. The topological polar surface area (TPSA) is 77.0 Å². The molecule has 3 rings (SSSR count). The predicted octanol–water partition coefficient (Wildman–Crippen LogP) is 3.65. The maximum atomic E-state index is 12.7. The minimum Gasteiger partial charge on any atom is -0.320 e. The number of carbonyl (C=O) groups excluding carboxylic acids is 1. The molecule has 130 valence electrons. The van der Waals surface area contributed by atoms with Crippen molar-refractivity contribution in [1.29, 1.82) is 0 Å². The zero-order valence-corrected chi connectivity index (χ0v) is 15.0. The van der Waals surface area contributed by atoms with E-state index in [9.17, 15) is 9.36 Å². The Hall–Kier alpha value is -2.27. The molecule has 2 aromatic carbocycles. The second kappa shape index (κ2) is 7.31. The fourth-order valence-corrected chi connectivity index (χ4v) is 4.15. The molecule has 0 bridgehead atoms. The Balaban J connectivity index is 1.91. The molecule has 7 heteroatoms. The Morgan fingerprint density at radius 2 is 1.64 bits per heavy atom. The lowest BCUT2D eigenvalue weighted by molar-refractivity contribution is -0.110. The van der Waals surface area contributed by atoms with Gasteiger partial charge >= 0.3 is 7.60 Å². The molecule has 2 aromatic rings. The summed E-state index contributed by atoms with van der Waals surface area (Å²) < 4.78 is 23.4. The highest BCUT2D eigenvalue weighted by molar-refractivity contribution is 7.62. The van der Waals surface area contributed by atoms with E-state index >= 15 is 0 Å². The summed E-state index contributed by atoms with van der Waals surface area (Å²) in [5.41, 5.74) is 2.47. The van der Waals surface area contributed by atoms with Crippen LogP contribution < -0.4 is 10.6 Å². The van der Waals surface area contributed by atoms with Gasteiger partial charge in [0.05, 0.1) is 29.9 Å². The number of hydrogen-bond acceptors (Lipinski definition) is 5. The van der Waals surface area contributed by atoms with Gasteiger partial charge in [0.2, 0.25) is 0 Å². The molecule has 0 unspecified atom stereocenters. The molecule has 0 atom stereocenters. The van der Waals surface area contributed by atoms with E-state index in [-0.39, 0.29) is 19.1 Å². The number of para-hydroxylation sites is 1. The van der Waals surface area contributed by atoms with Gasteiger partial charge in [-0.2, -0.15) is 0 Å². The average molecular weight is 358 g/mol. The molecular weight excluding hydrogens is 339 g/mol. The largest absolute Gasteiger partial charge is 0.361 e. The standard InChI is InChI=1S/C18H19N2O4P/c1-3-23-25(22,24-4-2)14-11-9-13(10-12-14)19-17-15-7-5-6-8-16(15)20-18(17)21/h5-12H,3-4H2,1-2H3,(H,19,20,21). The Labute approximate surface area is 146 Å². The van der Waals surface area contributed by atoms with E-state index < -0.39 is 7.60 Å². The van der Waals surface area contributed by atoms with Crippen molar-refractivity contribution in [2.75, 3.05) is 18.5 Å². The molecule has 0 aromatic heterocycles. The lowest BCUT2D eigenvalue weighted by Crippen LogP contribution is -2.14. The van der Waals surface area contributed by atoms with Crippen LogP contribution in [0.1, 0.15) is 19.4 Å². The van der Waals surface area contributed by atoms with Gasteiger partial charge in [-0.05, 0) is 44.2 Å². The first-order chi connectivity index (χ1) is 12.1. The van der Waals surface area contributed by atoms with Crippen molar-refractivity contribution >= 4 is 35.9 Å². The molecule has 1 amide bonds. The van der Waals surface area contributed by atoms with Gasteiger partial charge in [-0.3, -0.25) is 9.36 Å². The third-order valence-corrected chi connectivity index (χ3v) is 5.78. The first-order valence-corrected chi connectivity index (χ1v) is 9.61. The van der Waals surface area contributed by atoms with Crippen LogP contribution in [0.3, 0.4) is 0 Å². The first-order valence-electron chi connectivity index (χ1n) is 8.06. The number of fused-ring (bicyclic) bond motifs is 1. The molecule has 0 spiro atoms. The van der Waals surface area contributed by atoms with Crippen molar-refractivity contribution in [2.45, 2.75) is 13.8 Å². The number of rotatable bonds is 6. The number of nitrogens with zero attached hydrogens (tertiary/aromatic N) is 1. The zero-order chi connectivity index (χ0) is 17.9. The van der Waals surface area contributed by atoms with E-state index in [1.54, 1.807) is 38.1 Å². The SMILES string of the molecule is CCOP(=O)(OCC)c1ccc(N=C2C(=O)Nc3ccccc32)cc1. The molecule has 0 radical (unpaired) electrons. The van der Waals surface area contributed by atoms with Crippen molar-refractivity contribution in [2.24, 2.45) is 4.99 Å². The normalized spacial score (nSPS) is 15.3. The van der Waals surface area contributed by atoms with Gasteiger partial charge in [-0.25, -0.2) is 4.99 Å². The molecule has 0 aliphatic carbocycles. The van der Waals surface area contributed by atoms with Crippen molar-refractivity contribution in [1.82, 2.24) is 0 Å². The Morgan fingerprint density at radius 3 is 2.28 bits per heavy atom. The monoisotopic (exact) mass is 358 g/mol. The van der Waals surface area contributed by atoms with Gasteiger partial charge in [0.25, 0.3) is 5.91 Å². The van der Waals surface area contributed by atoms with Crippen LogP contribution in [0.15, 0.2) is 53.5 Å². The summed E-state index contributed by atoms with van der Waals surface area (Å²) in [4.78, 5) is 16.5. The lowest BCUT2D eigenvalue weighted by atomic mass is 10.1. The van der Waals surface area contributed by atoms with Gasteiger partial charge in [0.1, 0.15) is 5.71 Å². The van der Waals surface area contributed by atoms with Crippen LogP contribution in [0, 0.1) is 0 Å². The van der Waals surface area contributed by atoms with Crippen LogP contribution in [0.4, 0.5) is 11.4 Å². The van der Waals surface area contributed by atoms with Crippen LogP contribution in [0.5, 0.6) is 0 Å². The van der Waals surface area contributed by atoms with Crippen molar-refractivity contribution in [3.63, 3.8) is 0 Å². The van der Waals surface area contributed by atoms with E-state index in [0.717, 1.165) is 11.3 Å². The zero-order valence-electron chi connectivity index (χ0n) is 14.1. The minimum absolute atomic E-state index is 0.236. The number of hydrogen-bond donors (Lipinski definition) is 1. The van der Waals surface area contributed by atoms with Gasteiger partial charge in [-0.15, -0.1) is 0 Å². The minimum atomic E-state index is -3.32. The van der Waals surface area contributed by atoms with Gasteiger partial charge in [0.15, 0.2) is 0 Å². The lowest BCUT2D eigenvalue weighted by Gasteiger charge is -2.17. The van der Waals surface area contributed by atoms with Crippen molar-refractivity contribution in [3.8, 4) is 0 Å². The van der Waals surface area contributed by atoms with Crippen LogP contribution in [-0.2, 0) is 18.4 Å². The van der Waals surface area contributed by atoms with E-state index in [1.165, 1.54) is 0 Å². The van der Waals surface area contributed by atoms with E-state index in [2.05, 4.69) is 10.3 Å². The highest BCUT2D eigenvalue weighted by Gasteiger charge is 2.27. The Kier molecular flexibility index (Phi) is 5.13. The number of aliphatic imine (C=N–C) groups is 1. The van der Waals surface area contributed by atoms with Crippen LogP contribution >= 0.6 is 7.60 Å². The van der Waals surface area contributed by atoms with Crippen LogP contribution in [0.2, 0.25) is 0 Å². The molecule has 0 saturated carbocycles. The first kappa shape index (κ1) is 17.5. The fourth-order valence-electron chi connectivity index (χ4n) is 2.58. The maximum absolute atomic E-state index is 12.7. The number of nitrogens with one attached hydrogen (secondary N) is 1. The summed E-state index contributed by atoms with van der Waals surface area (Å²) in [6.45, 7) is 4.11. The Morgan fingerprint density at radius 1 is 1.00 bits per heavy atom. The molecule has 1 aliphatic heterocycles. The summed E-state index contributed by atoms with van der Waals surface area (Å²) in [5, 5.41) is 3.25. The summed E-state index contributed by atoms with van der Waals surface area (Å²) in [6, 6.07) is 14.1. The molecule has 0 saturated heterocycles. The molecule has 1 heterocycles. The number of anilines is 1. The number of amides is 1. The molecule has 25 heavy (non-hydrogen) atoms. The third kappa shape index (κ3) is 3.56. The smallest absolute Gasteiger partial charge is 0.320 e. The second-order valence-corrected chi connectivity index (χ2v) is 7.34. The van der Waals surface area contributed by atoms with Crippen LogP contribution in [-0.4, -0.2) is 24.8 Å². The molecule has 1 N–H and O–H groups in total. The van der Waals surface area contributed by atoms with Crippen molar-refractivity contribution in [3.05, 3.63) is 54.1 Å². The summed E-state index contributed by atoms with van der Waals surface area (Å²) >= 11 is 0. The summed E-state index contributed by atoms with van der Waals surface area (Å²) in [7, 11) is -3.32. The second-order valence-electron chi connectivity index (χ2n) is 5.31. The third-order valence-electron chi connectivity index (χ3n) is 3.65. The van der Waals surface area contributed by atoms with E-state index in [4.69, 9.17) is 9.05 Å². The fraction of sp³-hybridized carbons (Fsp3) is 0.222. The van der Waals surface area contributed by atoms with E-state index in [1.807, 2.05) is 24.3 Å². The molecule has 1 aliphatic rings. The van der Waals surface area contributed by atoms with Gasteiger partial charge < -0.3 is 14.4 Å². The molecule has 0 fully saturated rings. The van der Waals surface area contributed by atoms with Gasteiger partial charge in [0, 0.05) is 5.56 Å². The highest BCUT2D eigenvalue weighted by Crippen LogP contribution is 2.46. The summed E-state index contributed by atoms with van der Waals surface area (Å²) in [5.74, 6) is -0.236. The van der Waals surface area contributed by atoms with Crippen molar-refractivity contribution < 1.29 is 18.4 Å². The average Bonchev–Trinajstić information content (AvgIpc) is 2.92. The summed E-state index contributed by atoms with van der Waals surface area (Å²) in [6.07, 6.45) is 0. The number of benzene rings is 2. The predicted molar refractivity (Wildman–Crippen MR) is 98.2 cm³/mol. The quantitative estimate of drug-likeness (QED) is 0.800. The maximum Gasteiger partial charge on any atom is 0.361 e. The van der Waals surface area contributed by atoms with E-state index in [0.29, 0.717) is 16.7 Å². The van der Waals surface area contributed by atoms with Gasteiger partial charge in [-0.1, -0.05) is 18.2 Å². The molecule has 6 nitrogen and oxygen atoms in total. The highest BCUT2D eigenvalue weighted by atomic mass is 31.2. The molecular formula is C18H19N2O4P. The Bertz CT molecular complexity index is 852.